The van der Waals surface area contributed by atoms with Crippen LogP contribution in [0.4, 0.5) is 5.69 Å². The first kappa shape index (κ1) is 15.3. The third-order valence-corrected chi connectivity index (χ3v) is 4.03. The largest absolute Gasteiger partial charge is 0.480 e. The van der Waals surface area contributed by atoms with Crippen LogP contribution in [0.2, 0.25) is 0 Å². The number of hydrogen-bond donors (Lipinski definition) is 1. The SMILES string of the molecule is CCS(=O)(=O)CCOC(=O)COc1ccccc1N. The van der Waals surface area contributed by atoms with Crippen LogP contribution in [0.3, 0.4) is 0 Å². The van der Waals surface area contributed by atoms with Gasteiger partial charge < -0.3 is 15.2 Å². The quantitative estimate of drug-likeness (QED) is 0.583. The molecule has 2 N–H and O–H groups in total. The Hall–Kier alpha value is -1.76. The van der Waals surface area contributed by atoms with Gasteiger partial charge in [0.05, 0.1) is 11.4 Å². The minimum absolute atomic E-state index is 0.0294. The summed E-state index contributed by atoms with van der Waals surface area (Å²) < 4.78 is 32.2. The molecule has 0 fully saturated rings. The van der Waals surface area contributed by atoms with Gasteiger partial charge in [-0.3, -0.25) is 0 Å². The maximum atomic E-state index is 11.3. The molecule has 6 nitrogen and oxygen atoms in total. The molecule has 7 heteroatoms. The number of carbonyl (C=O) groups excluding carboxylic acids is 1. The Morgan fingerprint density at radius 3 is 2.63 bits per heavy atom. The molecule has 0 bridgehead atoms. The highest BCUT2D eigenvalue weighted by Crippen LogP contribution is 2.19. The average Bonchev–Trinajstić information content (AvgIpc) is 2.37. The molecule has 0 aromatic heterocycles. The number of nitrogens with two attached hydrogens (primary N) is 1. The van der Waals surface area contributed by atoms with Gasteiger partial charge in [-0.1, -0.05) is 19.1 Å². The van der Waals surface area contributed by atoms with Crippen molar-refractivity contribution in [3.8, 4) is 5.75 Å². The number of sulfone groups is 1. The number of benzene rings is 1. The molecule has 1 aromatic rings. The van der Waals surface area contributed by atoms with E-state index >= 15 is 0 Å². The lowest BCUT2D eigenvalue weighted by molar-refractivity contribution is -0.145. The Kier molecular flexibility index (Phi) is 5.62. The van der Waals surface area contributed by atoms with Gasteiger partial charge in [0.25, 0.3) is 0 Å². The van der Waals surface area contributed by atoms with Gasteiger partial charge in [-0.15, -0.1) is 0 Å². The number of para-hydroxylation sites is 2. The first-order valence-electron chi connectivity index (χ1n) is 5.78. The van der Waals surface area contributed by atoms with Crippen LogP contribution in [0.15, 0.2) is 24.3 Å². The van der Waals surface area contributed by atoms with E-state index in [1.54, 1.807) is 31.2 Å². The predicted molar refractivity (Wildman–Crippen MR) is 71.6 cm³/mol. The molecule has 0 aliphatic carbocycles. The molecule has 0 heterocycles. The van der Waals surface area contributed by atoms with E-state index in [9.17, 15) is 13.2 Å². The molecule has 106 valence electrons. The zero-order valence-corrected chi connectivity index (χ0v) is 11.5. The fourth-order valence-electron chi connectivity index (χ4n) is 1.22. The molecule has 0 aliphatic heterocycles. The number of ether oxygens (including phenoxy) is 2. The third kappa shape index (κ3) is 5.60. The van der Waals surface area contributed by atoms with E-state index in [1.807, 2.05) is 0 Å². The second-order valence-electron chi connectivity index (χ2n) is 3.78. The Labute approximate surface area is 112 Å². The highest BCUT2D eigenvalue weighted by atomic mass is 32.2. The van der Waals surface area contributed by atoms with Crippen LogP contribution in [0.5, 0.6) is 5.75 Å². The standard InChI is InChI=1S/C12H17NO5S/c1-2-19(15,16)8-7-17-12(14)9-18-11-6-4-3-5-10(11)13/h3-6H,2,7-9,13H2,1H3. The molecule has 0 amide bonds. The van der Waals surface area contributed by atoms with E-state index in [0.717, 1.165) is 0 Å². The maximum Gasteiger partial charge on any atom is 0.344 e. The summed E-state index contributed by atoms with van der Waals surface area (Å²) in [5.41, 5.74) is 6.05. The Morgan fingerprint density at radius 1 is 1.32 bits per heavy atom. The first-order valence-corrected chi connectivity index (χ1v) is 7.60. The summed E-state index contributed by atoms with van der Waals surface area (Å²) in [6, 6.07) is 6.75. The van der Waals surface area contributed by atoms with Gasteiger partial charge >= 0.3 is 5.97 Å². The van der Waals surface area contributed by atoms with Gasteiger partial charge in [0.15, 0.2) is 16.4 Å². The van der Waals surface area contributed by atoms with Crippen molar-refractivity contribution in [3.05, 3.63) is 24.3 Å². The molecule has 1 aromatic carbocycles. The van der Waals surface area contributed by atoms with E-state index < -0.39 is 15.8 Å². The number of anilines is 1. The molecule has 0 aliphatic rings. The summed E-state index contributed by atoms with van der Waals surface area (Å²) in [7, 11) is -3.13. The normalized spacial score (nSPS) is 11.0. The molecule has 0 atom stereocenters. The van der Waals surface area contributed by atoms with Crippen molar-refractivity contribution >= 4 is 21.5 Å². The van der Waals surface area contributed by atoms with Crippen LogP contribution < -0.4 is 10.5 Å². The van der Waals surface area contributed by atoms with Crippen LogP contribution in [-0.4, -0.2) is 39.1 Å². The molecule has 0 saturated heterocycles. The van der Waals surface area contributed by atoms with Crippen molar-refractivity contribution in [2.45, 2.75) is 6.92 Å². The zero-order chi connectivity index (χ0) is 14.3. The Morgan fingerprint density at radius 2 is 2.00 bits per heavy atom. The van der Waals surface area contributed by atoms with E-state index in [0.29, 0.717) is 11.4 Å². The van der Waals surface area contributed by atoms with Crippen molar-refractivity contribution in [2.24, 2.45) is 0 Å². The zero-order valence-electron chi connectivity index (χ0n) is 10.7. The molecular weight excluding hydrogens is 270 g/mol. The second-order valence-corrected chi connectivity index (χ2v) is 6.26. The lowest BCUT2D eigenvalue weighted by Gasteiger charge is -2.08. The van der Waals surface area contributed by atoms with Crippen LogP contribution in [0, 0.1) is 0 Å². The number of nitrogen functional groups attached to an aromatic ring is 1. The van der Waals surface area contributed by atoms with Crippen molar-refractivity contribution < 1.29 is 22.7 Å². The lowest BCUT2D eigenvalue weighted by atomic mass is 10.3. The summed E-state index contributed by atoms with van der Waals surface area (Å²) in [6.07, 6.45) is 0. The second kappa shape index (κ2) is 6.98. The fraction of sp³-hybridized carbons (Fsp3) is 0.417. The minimum Gasteiger partial charge on any atom is -0.480 e. The molecule has 0 unspecified atom stereocenters. The summed E-state index contributed by atoms with van der Waals surface area (Å²) in [5.74, 6) is -0.389. The molecule has 1 rings (SSSR count). The minimum atomic E-state index is -3.13. The molecule has 0 spiro atoms. The predicted octanol–water partition coefficient (Wildman–Crippen LogP) is 0.625. The number of rotatable bonds is 7. The van der Waals surface area contributed by atoms with E-state index in [-0.39, 0.29) is 24.7 Å². The average molecular weight is 287 g/mol. The molecule has 19 heavy (non-hydrogen) atoms. The molecule has 0 saturated carbocycles. The van der Waals surface area contributed by atoms with Gasteiger partial charge in [0, 0.05) is 5.75 Å². The van der Waals surface area contributed by atoms with Crippen LogP contribution in [-0.2, 0) is 19.4 Å². The van der Waals surface area contributed by atoms with E-state index in [2.05, 4.69) is 0 Å². The highest BCUT2D eigenvalue weighted by Gasteiger charge is 2.10. The van der Waals surface area contributed by atoms with Gasteiger partial charge in [-0.25, -0.2) is 13.2 Å². The van der Waals surface area contributed by atoms with Crippen molar-refractivity contribution in [1.29, 1.82) is 0 Å². The molecular formula is C12H17NO5S. The Balaban J connectivity index is 2.31. The van der Waals surface area contributed by atoms with Crippen LogP contribution >= 0.6 is 0 Å². The van der Waals surface area contributed by atoms with Gasteiger partial charge in [0.2, 0.25) is 0 Å². The monoisotopic (exact) mass is 287 g/mol. The van der Waals surface area contributed by atoms with Crippen LogP contribution in [0.1, 0.15) is 6.92 Å². The number of carbonyl (C=O) groups is 1. The van der Waals surface area contributed by atoms with E-state index in [1.165, 1.54) is 0 Å². The van der Waals surface area contributed by atoms with Gasteiger partial charge in [-0.2, -0.15) is 0 Å². The first-order chi connectivity index (χ1) is 8.94. The third-order valence-electron chi connectivity index (χ3n) is 2.36. The molecule has 0 radical (unpaired) electrons. The van der Waals surface area contributed by atoms with Gasteiger partial charge in [0.1, 0.15) is 12.4 Å². The number of esters is 1. The Bertz CT molecular complexity index is 527. The van der Waals surface area contributed by atoms with Gasteiger partial charge in [-0.05, 0) is 12.1 Å². The number of hydrogen-bond acceptors (Lipinski definition) is 6. The van der Waals surface area contributed by atoms with E-state index in [4.69, 9.17) is 15.2 Å². The fourth-order valence-corrected chi connectivity index (χ4v) is 1.84. The smallest absolute Gasteiger partial charge is 0.344 e. The summed E-state index contributed by atoms with van der Waals surface area (Å²) in [5, 5.41) is 0. The lowest BCUT2D eigenvalue weighted by Crippen LogP contribution is -2.20. The van der Waals surface area contributed by atoms with Crippen molar-refractivity contribution in [2.75, 3.05) is 30.5 Å². The summed E-state index contributed by atoms with van der Waals surface area (Å²) in [4.78, 5) is 11.3. The maximum absolute atomic E-state index is 11.3. The summed E-state index contributed by atoms with van der Waals surface area (Å²) in [6.45, 7) is 1.07. The van der Waals surface area contributed by atoms with Crippen LogP contribution in [0.25, 0.3) is 0 Å². The summed E-state index contributed by atoms with van der Waals surface area (Å²) >= 11 is 0. The van der Waals surface area contributed by atoms with Crippen molar-refractivity contribution in [3.63, 3.8) is 0 Å². The highest BCUT2D eigenvalue weighted by molar-refractivity contribution is 7.91. The topological polar surface area (TPSA) is 95.7 Å². The van der Waals surface area contributed by atoms with Crippen molar-refractivity contribution in [1.82, 2.24) is 0 Å².